The number of fused-ring (bicyclic) bond motifs is 1. The number of rotatable bonds is 6. The molecule has 1 saturated heterocycles. The first-order valence-corrected chi connectivity index (χ1v) is 10.2. The van der Waals surface area contributed by atoms with Gasteiger partial charge in [-0.05, 0) is 56.1 Å². The quantitative estimate of drug-likeness (QED) is 0.436. The fourth-order valence-corrected chi connectivity index (χ4v) is 4.20. The number of allylic oxidation sites excluding steroid dienone is 1. The topological polar surface area (TPSA) is 38.1 Å². The van der Waals surface area contributed by atoms with Gasteiger partial charge >= 0.3 is 0 Å². The van der Waals surface area contributed by atoms with Crippen LogP contribution in [0.3, 0.4) is 0 Å². The number of aromatic nitrogens is 2. The average molecular weight is 386 g/mol. The normalized spacial score (nSPS) is 17.8. The van der Waals surface area contributed by atoms with Crippen molar-refractivity contribution in [3.63, 3.8) is 0 Å². The summed E-state index contributed by atoms with van der Waals surface area (Å²) in [7, 11) is 0. The van der Waals surface area contributed by atoms with Gasteiger partial charge in [0.1, 0.15) is 5.82 Å². The van der Waals surface area contributed by atoms with E-state index in [0.717, 1.165) is 48.5 Å². The van der Waals surface area contributed by atoms with E-state index in [9.17, 15) is 4.79 Å². The lowest BCUT2D eigenvalue weighted by molar-refractivity contribution is -0.112. The zero-order valence-corrected chi connectivity index (χ0v) is 16.9. The number of nitrogens with zero attached hydrogens (tertiary/aromatic N) is 3. The number of hydrogen-bond donors (Lipinski definition) is 0. The van der Waals surface area contributed by atoms with Crippen LogP contribution in [-0.2, 0) is 4.79 Å². The van der Waals surface area contributed by atoms with Crippen LogP contribution in [0, 0.1) is 0 Å². The van der Waals surface area contributed by atoms with Crippen molar-refractivity contribution in [2.75, 3.05) is 19.6 Å². The Hall–Kier alpha value is -2.98. The van der Waals surface area contributed by atoms with Gasteiger partial charge in [-0.15, -0.1) is 6.58 Å². The fourth-order valence-electron chi connectivity index (χ4n) is 4.20. The molecule has 0 radical (unpaired) electrons. The standard InChI is InChI=1S/C25H27N3O/c1-3-15-27-16-7-10-22(18-27)28-24-12-5-4-11-23(24)26-25(28)21-9-6-8-20(17-21)14-13-19(2)29/h3-6,8-9,11-14,17,22H,1,7,10,15-16,18H2,2H3/b14-13+. The van der Waals surface area contributed by atoms with Crippen molar-refractivity contribution in [2.24, 2.45) is 0 Å². The minimum atomic E-state index is 0.0483. The summed E-state index contributed by atoms with van der Waals surface area (Å²) in [6.45, 7) is 8.52. The molecule has 0 amide bonds. The molecule has 1 fully saturated rings. The maximum atomic E-state index is 11.3. The van der Waals surface area contributed by atoms with Gasteiger partial charge in [0.25, 0.3) is 0 Å². The summed E-state index contributed by atoms with van der Waals surface area (Å²) in [6, 6.07) is 17.0. The van der Waals surface area contributed by atoms with E-state index < -0.39 is 0 Å². The van der Waals surface area contributed by atoms with E-state index in [1.54, 1.807) is 13.0 Å². The van der Waals surface area contributed by atoms with Gasteiger partial charge in [-0.3, -0.25) is 9.69 Å². The lowest BCUT2D eigenvalue weighted by atomic mass is 10.0. The molecule has 3 aromatic rings. The van der Waals surface area contributed by atoms with Crippen LogP contribution < -0.4 is 0 Å². The van der Waals surface area contributed by atoms with Gasteiger partial charge in [0.05, 0.1) is 11.0 Å². The first-order chi connectivity index (χ1) is 14.2. The SMILES string of the molecule is C=CCN1CCCC(n2c(-c3cccc(/C=C/C(C)=O)c3)nc3ccccc32)C1. The molecule has 1 aromatic heterocycles. The third-order valence-electron chi connectivity index (χ3n) is 5.48. The molecular formula is C25H27N3O. The molecule has 2 aromatic carbocycles. The zero-order valence-electron chi connectivity index (χ0n) is 16.9. The van der Waals surface area contributed by atoms with Crippen molar-refractivity contribution in [1.82, 2.24) is 14.5 Å². The van der Waals surface area contributed by atoms with Crippen LogP contribution in [0.15, 0.2) is 67.3 Å². The second-order valence-corrected chi connectivity index (χ2v) is 7.71. The molecule has 4 heteroatoms. The van der Waals surface area contributed by atoms with Crippen LogP contribution in [0.5, 0.6) is 0 Å². The van der Waals surface area contributed by atoms with E-state index in [1.165, 1.54) is 11.9 Å². The number of hydrogen-bond acceptors (Lipinski definition) is 3. The number of carbonyl (C=O) groups excluding carboxylic acids is 1. The van der Waals surface area contributed by atoms with E-state index in [2.05, 4.69) is 46.4 Å². The Morgan fingerprint density at radius 1 is 1.24 bits per heavy atom. The Labute approximate surface area is 172 Å². The molecule has 2 heterocycles. The summed E-state index contributed by atoms with van der Waals surface area (Å²) in [4.78, 5) is 18.8. The fraction of sp³-hybridized carbons (Fsp3) is 0.280. The van der Waals surface area contributed by atoms with Crippen molar-refractivity contribution in [1.29, 1.82) is 0 Å². The maximum Gasteiger partial charge on any atom is 0.152 e. The number of para-hydroxylation sites is 2. The summed E-state index contributed by atoms with van der Waals surface area (Å²) in [6.07, 6.45) is 7.78. The van der Waals surface area contributed by atoms with Gasteiger partial charge < -0.3 is 4.57 Å². The molecule has 29 heavy (non-hydrogen) atoms. The monoisotopic (exact) mass is 385 g/mol. The largest absolute Gasteiger partial charge is 0.320 e. The molecule has 0 N–H and O–H groups in total. The summed E-state index contributed by atoms with van der Waals surface area (Å²) in [5.74, 6) is 1.04. The van der Waals surface area contributed by atoms with E-state index in [1.807, 2.05) is 30.4 Å². The molecule has 1 aliphatic heterocycles. The van der Waals surface area contributed by atoms with Crippen LogP contribution in [0.25, 0.3) is 28.5 Å². The van der Waals surface area contributed by atoms with Crippen molar-refractivity contribution in [3.8, 4) is 11.4 Å². The molecular weight excluding hydrogens is 358 g/mol. The third-order valence-corrected chi connectivity index (χ3v) is 5.48. The highest BCUT2D eigenvalue weighted by atomic mass is 16.1. The first-order valence-electron chi connectivity index (χ1n) is 10.2. The summed E-state index contributed by atoms with van der Waals surface area (Å²) in [5, 5.41) is 0. The van der Waals surface area contributed by atoms with Gasteiger partial charge in [-0.2, -0.15) is 0 Å². The lowest BCUT2D eigenvalue weighted by Gasteiger charge is -2.33. The molecule has 0 spiro atoms. The van der Waals surface area contributed by atoms with E-state index >= 15 is 0 Å². The van der Waals surface area contributed by atoms with Crippen molar-refractivity contribution in [3.05, 3.63) is 72.8 Å². The van der Waals surface area contributed by atoms with E-state index in [-0.39, 0.29) is 5.78 Å². The minimum absolute atomic E-state index is 0.0483. The average Bonchev–Trinajstić information content (AvgIpc) is 3.13. The van der Waals surface area contributed by atoms with E-state index in [4.69, 9.17) is 4.98 Å². The molecule has 0 saturated carbocycles. The number of ketones is 1. The van der Waals surface area contributed by atoms with Crippen molar-refractivity contribution < 1.29 is 4.79 Å². The summed E-state index contributed by atoms with van der Waals surface area (Å²) in [5.41, 5.74) is 4.28. The Bertz CT molecular complexity index is 1060. The van der Waals surface area contributed by atoms with Gasteiger partial charge in [0.15, 0.2) is 5.78 Å². The third kappa shape index (κ3) is 4.22. The highest BCUT2D eigenvalue weighted by Gasteiger charge is 2.25. The Morgan fingerprint density at radius 3 is 2.93 bits per heavy atom. The molecule has 148 valence electrons. The molecule has 4 nitrogen and oxygen atoms in total. The van der Waals surface area contributed by atoms with Crippen LogP contribution in [0.2, 0.25) is 0 Å². The number of piperidine rings is 1. The maximum absolute atomic E-state index is 11.3. The minimum Gasteiger partial charge on any atom is -0.320 e. The Morgan fingerprint density at radius 2 is 2.10 bits per heavy atom. The Balaban J connectivity index is 1.79. The van der Waals surface area contributed by atoms with Gasteiger partial charge in [-0.1, -0.05) is 42.5 Å². The van der Waals surface area contributed by atoms with Crippen LogP contribution in [0.1, 0.15) is 31.4 Å². The van der Waals surface area contributed by atoms with Gasteiger partial charge in [0.2, 0.25) is 0 Å². The van der Waals surface area contributed by atoms with E-state index in [0.29, 0.717) is 6.04 Å². The molecule has 1 aliphatic rings. The highest BCUT2D eigenvalue weighted by molar-refractivity contribution is 5.91. The lowest BCUT2D eigenvalue weighted by Crippen LogP contribution is -2.36. The number of imidazole rings is 1. The van der Waals surface area contributed by atoms with Gasteiger partial charge in [0, 0.05) is 24.7 Å². The highest BCUT2D eigenvalue weighted by Crippen LogP contribution is 2.33. The van der Waals surface area contributed by atoms with Crippen LogP contribution in [-0.4, -0.2) is 39.9 Å². The molecule has 0 bridgehead atoms. The predicted octanol–water partition coefficient (Wildman–Crippen LogP) is 5.13. The number of likely N-dealkylation sites (tertiary alicyclic amines) is 1. The van der Waals surface area contributed by atoms with Crippen molar-refractivity contribution in [2.45, 2.75) is 25.8 Å². The zero-order chi connectivity index (χ0) is 20.2. The van der Waals surface area contributed by atoms with Crippen LogP contribution >= 0.6 is 0 Å². The van der Waals surface area contributed by atoms with Gasteiger partial charge in [-0.25, -0.2) is 4.98 Å². The first kappa shape index (κ1) is 19.3. The second-order valence-electron chi connectivity index (χ2n) is 7.71. The molecule has 0 aliphatic carbocycles. The molecule has 4 rings (SSSR count). The second kappa shape index (κ2) is 8.58. The Kier molecular flexibility index (Phi) is 5.72. The smallest absolute Gasteiger partial charge is 0.152 e. The predicted molar refractivity (Wildman–Crippen MR) is 120 cm³/mol. The summed E-state index contributed by atoms with van der Waals surface area (Å²) < 4.78 is 2.42. The number of carbonyl (C=O) groups is 1. The molecule has 1 unspecified atom stereocenters. The summed E-state index contributed by atoms with van der Waals surface area (Å²) >= 11 is 0. The molecule has 1 atom stereocenters. The van der Waals surface area contributed by atoms with Crippen molar-refractivity contribution >= 4 is 22.9 Å². The number of benzene rings is 2. The van der Waals surface area contributed by atoms with Crippen LogP contribution in [0.4, 0.5) is 0 Å².